The van der Waals surface area contributed by atoms with Gasteiger partial charge in [-0.2, -0.15) is 17.0 Å². The molecule has 0 N–H and O–H groups in total. The van der Waals surface area contributed by atoms with Crippen molar-refractivity contribution in [1.82, 2.24) is 0 Å². The van der Waals surface area contributed by atoms with E-state index in [4.69, 9.17) is 5.26 Å². The van der Waals surface area contributed by atoms with E-state index in [9.17, 15) is 4.79 Å². The molecule has 0 amide bonds. The molecule has 0 aromatic carbocycles. The Labute approximate surface area is 86.5 Å². The summed E-state index contributed by atoms with van der Waals surface area (Å²) in [5.74, 6) is 0.456. The van der Waals surface area contributed by atoms with Crippen LogP contribution in [0.1, 0.15) is 6.92 Å². The number of carbonyl (C=O) groups excluding carboxylic acids is 1. The molecule has 0 aliphatic rings. The predicted molar refractivity (Wildman–Crippen MR) is 56.3 cm³/mol. The summed E-state index contributed by atoms with van der Waals surface area (Å²) >= 11 is 3.17. The number of nitrogens with zero attached hydrogens (tertiary/aromatic N) is 1. The van der Waals surface area contributed by atoms with E-state index < -0.39 is 5.97 Å². The summed E-state index contributed by atoms with van der Waals surface area (Å²) < 4.78 is 4.41. The Balaban J connectivity index is 3.95. The molecule has 0 bridgehead atoms. The monoisotopic (exact) mass is 217 g/mol. The Morgan fingerprint density at radius 3 is 2.85 bits per heavy atom. The minimum Gasteiger partial charge on any atom is -0.465 e. The lowest BCUT2D eigenvalue weighted by atomic mass is 10.3. The summed E-state index contributed by atoms with van der Waals surface area (Å²) in [7, 11) is 1.26. The summed E-state index contributed by atoms with van der Waals surface area (Å²) in [6.45, 7) is 2.06. The first-order valence-corrected chi connectivity index (χ1v) is 5.84. The molecular formula is C8H11NO2S2. The van der Waals surface area contributed by atoms with Crippen molar-refractivity contribution in [3.05, 3.63) is 11.0 Å². The first-order valence-electron chi connectivity index (χ1n) is 3.64. The van der Waals surface area contributed by atoms with Crippen LogP contribution in [0.4, 0.5) is 0 Å². The van der Waals surface area contributed by atoms with E-state index in [2.05, 4.69) is 11.7 Å². The number of thioether (sulfide) groups is 2. The molecule has 0 atom stereocenters. The van der Waals surface area contributed by atoms with Gasteiger partial charge in [0.15, 0.2) is 0 Å². The molecule has 0 radical (unpaired) electrons. The molecule has 3 nitrogen and oxygen atoms in total. The van der Waals surface area contributed by atoms with Crippen molar-refractivity contribution in [3.63, 3.8) is 0 Å². The second-order valence-electron chi connectivity index (χ2n) is 1.91. The summed E-state index contributed by atoms with van der Waals surface area (Å²) in [6, 6.07) is 1.79. The van der Waals surface area contributed by atoms with Gasteiger partial charge in [-0.05, 0) is 11.2 Å². The van der Waals surface area contributed by atoms with Crippen LogP contribution in [0.2, 0.25) is 0 Å². The zero-order valence-corrected chi connectivity index (χ0v) is 9.20. The van der Waals surface area contributed by atoms with Gasteiger partial charge in [-0.25, -0.2) is 4.79 Å². The second-order valence-corrected chi connectivity index (χ2v) is 4.41. The molecule has 0 aromatic rings. The molecule has 0 fully saturated rings. The second kappa shape index (κ2) is 8.02. The van der Waals surface area contributed by atoms with Gasteiger partial charge in [0, 0.05) is 5.08 Å². The van der Waals surface area contributed by atoms with Crippen molar-refractivity contribution in [3.8, 4) is 6.07 Å². The standard InChI is InChI=1S/C8H11NO2S2/c1-3-12-6-13-5-7(4-9)8(10)11-2/h5H,3,6H2,1-2H3. The van der Waals surface area contributed by atoms with Crippen LogP contribution in [0, 0.1) is 11.3 Å². The van der Waals surface area contributed by atoms with E-state index in [1.807, 2.05) is 0 Å². The highest BCUT2D eigenvalue weighted by atomic mass is 32.2. The van der Waals surface area contributed by atoms with Crippen LogP contribution in [0.25, 0.3) is 0 Å². The van der Waals surface area contributed by atoms with Crippen LogP contribution in [-0.4, -0.2) is 23.9 Å². The zero-order valence-electron chi connectivity index (χ0n) is 7.57. The van der Waals surface area contributed by atoms with Gasteiger partial charge in [-0.1, -0.05) is 6.92 Å². The maximum Gasteiger partial charge on any atom is 0.349 e. The molecule has 0 saturated carbocycles. The Morgan fingerprint density at radius 1 is 1.69 bits per heavy atom. The van der Waals surface area contributed by atoms with Crippen molar-refractivity contribution in [1.29, 1.82) is 5.26 Å². The van der Waals surface area contributed by atoms with E-state index in [1.54, 1.807) is 17.8 Å². The largest absolute Gasteiger partial charge is 0.465 e. The minimum atomic E-state index is -0.573. The topological polar surface area (TPSA) is 50.1 Å². The molecule has 13 heavy (non-hydrogen) atoms. The lowest BCUT2D eigenvalue weighted by molar-refractivity contribution is -0.135. The Hall–Kier alpha value is -0.600. The lowest BCUT2D eigenvalue weighted by Crippen LogP contribution is -2.02. The van der Waals surface area contributed by atoms with E-state index in [0.29, 0.717) is 0 Å². The quantitative estimate of drug-likeness (QED) is 0.232. The van der Waals surface area contributed by atoms with E-state index in [-0.39, 0.29) is 5.57 Å². The van der Waals surface area contributed by atoms with Crippen molar-refractivity contribution < 1.29 is 9.53 Å². The zero-order chi connectivity index (χ0) is 10.1. The predicted octanol–water partition coefficient (Wildman–Crippen LogP) is 2.01. The molecule has 0 aromatic heterocycles. The van der Waals surface area contributed by atoms with Crippen molar-refractivity contribution in [2.75, 3.05) is 17.9 Å². The summed E-state index contributed by atoms with van der Waals surface area (Å²) in [6.07, 6.45) is 0. The SMILES string of the molecule is CCSCSC=C(C#N)C(=O)OC. The van der Waals surface area contributed by atoms with Crippen LogP contribution < -0.4 is 0 Å². The average molecular weight is 217 g/mol. The average Bonchev–Trinajstić information content (AvgIpc) is 2.17. The van der Waals surface area contributed by atoms with E-state index >= 15 is 0 Å². The Morgan fingerprint density at radius 2 is 2.38 bits per heavy atom. The van der Waals surface area contributed by atoms with Gasteiger partial charge in [-0.15, -0.1) is 11.8 Å². The van der Waals surface area contributed by atoms with Gasteiger partial charge in [-0.3, -0.25) is 0 Å². The third-order valence-electron chi connectivity index (χ3n) is 1.08. The molecule has 0 rings (SSSR count). The summed E-state index contributed by atoms with van der Waals surface area (Å²) in [5.41, 5.74) is 0.0594. The Bertz CT molecular complexity index is 233. The van der Waals surface area contributed by atoms with E-state index in [0.717, 1.165) is 10.8 Å². The van der Waals surface area contributed by atoms with Crippen LogP contribution >= 0.6 is 23.5 Å². The molecule has 0 spiro atoms. The highest BCUT2D eigenvalue weighted by Crippen LogP contribution is 2.14. The highest BCUT2D eigenvalue weighted by molar-refractivity contribution is 8.17. The van der Waals surface area contributed by atoms with Crippen molar-refractivity contribution in [2.45, 2.75) is 6.92 Å². The number of ether oxygens (including phenoxy) is 1. The fourth-order valence-corrected chi connectivity index (χ4v) is 2.12. The van der Waals surface area contributed by atoms with Crippen LogP contribution in [0.15, 0.2) is 11.0 Å². The number of methoxy groups -OCH3 is 1. The van der Waals surface area contributed by atoms with Gasteiger partial charge in [0.1, 0.15) is 11.6 Å². The van der Waals surface area contributed by atoms with Crippen molar-refractivity contribution in [2.24, 2.45) is 0 Å². The van der Waals surface area contributed by atoms with Crippen LogP contribution in [-0.2, 0) is 9.53 Å². The molecule has 5 heteroatoms. The smallest absolute Gasteiger partial charge is 0.349 e. The molecule has 72 valence electrons. The number of hydrogen-bond donors (Lipinski definition) is 0. The number of carbonyl (C=O) groups is 1. The third-order valence-corrected chi connectivity index (χ3v) is 3.10. The number of nitriles is 1. The maximum absolute atomic E-state index is 10.9. The van der Waals surface area contributed by atoms with Gasteiger partial charge in [0.25, 0.3) is 0 Å². The fraction of sp³-hybridized carbons (Fsp3) is 0.500. The summed E-state index contributed by atoms with van der Waals surface area (Å²) in [4.78, 5) is 10.9. The normalized spacial score (nSPS) is 10.7. The molecule has 0 aliphatic heterocycles. The molecule has 0 saturated heterocycles. The van der Waals surface area contributed by atoms with E-state index in [1.165, 1.54) is 24.3 Å². The Kier molecular flexibility index (Phi) is 7.65. The molecule has 0 unspecified atom stereocenters. The number of hydrogen-bond acceptors (Lipinski definition) is 5. The maximum atomic E-state index is 10.9. The van der Waals surface area contributed by atoms with Crippen molar-refractivity contribution >= 4 is 29.5 Å². The van der Waals surface area contributed by atoms with Gasteiger partial charge >= 0.3 is 5.97 Å². The summed E-state index contributed by atoms with van der Waals surface area (Å²) in [5, 5.41) is 10.9. The van der Waals surface area contributed by atoms with Gasteiger partial charge in [0.2, 0.25) is 0 Å². The molecule has 0 heterocycles. The fourth-order valence-electron chi connectivity index (χ4n) is 0.479. The van der Waals surface area contributed by atoms with Gasteiger partial charge < -0.3 is 4.74 Å². The van der Waals surface area contributed by atoms with Crippen LogP contribution in [0.5, 0.6) is 0 Å². The number of rotatable bonds is 5. The number of esters is 1. The van der Waals surface area contributed by atoms with Crippen LogP contribution in [0.3, 0.4) is 0 Å². The van der Waals surface area contributed by atoms with Gasteiger partial charge in [0.05, 0.1) is 7.11 Å². The molecule has 0 aliphatic carbocycles. The third kappa shape index (κ3) is 5.61. The molecular weight excluding hydrogens is 206 g/mol. The first-order chi connectivity index (χ1) is 6.26. The minimum absolute atomic E-state index is 0.0594. The lowest BCUT2D eigenvalue weighted by Gasteiger charge is -1.96. The first kappa shape index (κ1) is 12.4. The highest BCUT2D eigenvalue weighted by Gasteiger charge is 2.07.